The number of hydrogen-bond acceptors (Lipinski definition) is 2. The molecular formula is C12H14O4. The molecule has 0 bridgehead atoms. The van der Waals surface area contributed by atoms with E-state index in [1.165, 1.54) is 6.07 Å². The first kappa shape index (κ1) is 12.2. The van der Waals surface area contributed by atoms with Gasteiger partial charge < -0.3 is 10.2 Å². The normalized spacial score (nSPS) is 10.4. The summed E-state index contributed by atoms with van der Waals surface area (Å²) < 4.78 is 0. The highest BCUT2D eigenvalue weighted by Gasteiger charge is 2.19. The van der Waals surface area contributed by atoms with Gasteiger partial charge in [-0.15, -0.1) is 0 Å². The maximum absolute atomic E-state index is 11.1. The van der Waals surface area contributed by atoms with Crippen molar-refractivity contribution in [2.24, 2.45) is 5.92 Å². The Morgan fingerprint density at radius 1 is 1.19 bits per heavy atom. The highest BCUT2D eigenvalue weighted by molar-refractivity contribution is 6.02. The lowest BCUT2D eigenvalue weighted by atomic mass is 9.94. The summed E-state index contributed by atoms with van der Waals surface area (Å²) >= 11 is 0. The number of carboxylic acid groups (broad SMARTS) is 2. The zero-order valence-corrected chi connectivity index (χ0v) is 9.23. The molecule has 0 aliphatic rings. The molecule has 0 saturated heterocycles. The lowest BCUT2D eigenvalue weighted by molar-refractivity contribution is 0.0650. The Kier molecular flexibility index (Phi) is 3.66. The maximum atomic E-state index is 11.1. The summed E-state index contributed by atoms with van der Waals surface area (Å²) in [5, 5.41) is 18.0. The molecule has 16 heavy (non-hydrogen) atoms. The van der Waals surface area contributed by atoms with Crippen LogP contribution in [-0.2, 0) is 6.42 Å². The number of aromatic carboxylic acids is 2. The van der Waals surface area contributed by atoms with Crippen molar-refractivity contribution >= 4 is 11.9 Å². The van der Waals surface area contributed by atoms with Crippen LogP contribution in [0, 0.1) is 5.92 Å². The van der Waals surface area contributed by atoms with E-state index in [4.69, 9.17) is 10.2 Å². The molecule has 2 N–H and O–H groups in total. The Morgan fingerprint density at radius 2 is 1.81 bits per heavy atom. The van der Waals surface area contributed by atoms with Gasteiger partial charge in [0.1, 0.15) is 0 Å². The monoisotopic (exact) mass is 222 g/mol. The Balaban J connectivity index is 3.32. The zero-order valence-electron chi connectivity index (χ0n) is 9.23. The van der Waals surface area contributed by atoms with Crippen molar-refractivity contribution < 1.29 is 19.8 Å². The number of benzene rings is 1. The zero-order chi connectivity index (χ0) is 12.3. The molecule has 1 aromatic rings. The minimum absolute atomic E-state index is 0.0938. The molecule has 0 aromatic heterocycles. The average molecular weight is 222 g/mol. The van der Waals surface area contributed by atoms with Crippen LogP contribution in [0.4, 0.5) is 0 Å². The van der Waals surface area contributed by atoms with Gasteiger partial charge in [-0.2, -0.15) is 0 Å². The van der Waals surface area contributed by atoms with Gasteiger partial charge in [0.15, 0.2) is 0 Å². The first-order chi connectivity index (χ1) is 7.43. The molecule has 0 saturated carbocycles. The molecule has 86 valence electrons. The second-order valence-electron chi connectivity index (χ2n) is 4.05. The van der Waals surface area contributed by atoms with Gasteiger partial charge in [-0.05, 0) is 24.0 Å². The molecular weight excluding hydrogens is 208 g/mol. The van der Waals surface area contributed by atoms with Gasteiger partial charge in [-0.3, -0.25) is 0 Å². The van der Waals surface area contributed by atoms with Gasteiger partial charge in [0.25, 0.3) is 0 Å². The Morgan fingerprint density at radius 3 is 2.25 bits per heavy atom. The first-order valence-corrected chi connectivity index (χ1v) is 5.02. The second-order valence-corrected chi connectivity index (χ2v) is 4.05. The third-order valence-corrected chi connectivity index (χ3v) is 2.22. The standard InChI is InChI=1S/C12H14O4/c1-7(2)6-8-4-3-5-9(11(13)14)10(8)12(15)16/h3-5,7H,6H2,1-2H3,(H,13,14)(H,15,16). The minimum atomic E-state index is -1.21. The topological polar surface area (TPSA) is 74.6 Å². The quantitative estimate of drug-likeness (QED) is 0.819. The number of hydrogen-bond donors (Lipinski definition) is 2. The summed E-state index contributed by atoms with van der Waals surface area (Å²) in [5.74, 6) is -2.11. The summed E-state index contributed by atoms with van der Waals surface area (Å²) in [6.45, 7) is 3.91. The van der Waals surface area contributed by atoms with Gasteiger partial charge in [0.2, 0.25) is 0 Å². The molecule has 1 rings (SSSR count). The van der Waals surface area contributed by atoms with Gasteiger partial charge in [-0.1, -0.05) is 26.0 Å². The van der Waals surface area contributed by atoms with Crippen LogP contribution in [0.15, 0.2) is 18.2 Å². The predicted octanol–water partition coefficient (Wildman–Crippen LogP) is 2.28. The molecule has 4 nitrogen and oxygen atoms in total. The number of carboxylic acids is 2. The highest BCUT2D eigenvalue weighted by atomic mass is 16.4. The molecule has 1 aromatic carbocycles. The van der Waals surface area contributed by atoms with Crippen LogP contribution < -0.4 is 0 Å². The van der Waals surface area contributed by atoms with Gasteiger partial charge in [-0.25, -0.2) is 9.59 Å². The Labute approximate surface area is 93.5 Å². The lowest BCUT2D eigenvalue weighted by Gasteiger charge is -2.10. The van der Waals surface area contributed by atoms with Crippen molar-refractivity contribution in [1.29, 1.82) is 0 Å². The average Bonchev–Trinajstić information content (AvgIpc) is 2.15. The first-order valence-electron chi connectivity index (χ1n) is 5.02. The fourth-order valence-electron chi connectivity index (χ4n) is 1.64. The Bertz CT molecular complexity index is 421. The van der Waals surface area contributed by atoms with E-state index in [0.29, 0.717) is 12.0 Å². The number of carbonyl (C=O) groups is 2. The lowest BCUT2D eigenvalue weighted by Crippen LogP contribution is -2.12. The summed E-state index contributed by atoms with van der Waals surface area (Å²) in [4.78, 5) is 22.0. The van der Waals surface area contributed by atoms with Crippen molar-refractivity contribution in [3.8, 4) is 0 Å². The molecule has 0 heterocycles. The number of rotatable bonds is 4. The van der Waals surface area contributed by atoms with E-state index in [9.17, 15) is 9.59 Å². The fourth-order valence-corrected chi connectivity index (χ4v) is 1.64. The fraction of sp³-hybridized carbons (Fsp3) is 0.333. The molecule has 0 spiro atoms. The molecule has 4 heteroatoms. The van der Waals surface area contributed by atoms with E-state index in [0.717, 1.165) is 0 Å². The van der Waals surface area contributed by atoms with Crippen LogP contribution in [0.3, 0.4) is 0 Å². The minimum Gasteiger partial charge on any atom is -0.478 e. The third kappa shape index (κ3) is 2.59. The largest absolute Gasteiger partial charge is 0.478 e. The summed E-state index contributed by atoms with van der Waals surface area (Å²) in [6, 6.07) is 4.55. The van der Waals surface area contributed by atoms with E-state index in [1.54, 1.807) is 12.1 Å². The van der Waals surface area contributed by atoms with Crippen LogP contribution in [0.2, 0.25) is 0 Å². The second kappa shape index (κ2) is 4.79. The summed E-state index contributed by atoms with van der Waals surface area (Å²) in [7, 11) is 0. The smallest absolute Gasteiger partial charge is 0.336 e. The van der Waals surface area contributed by atoms with Crippen LogP contribution in [0.25, 0.3) is 0 Å². The van der Waals surface area contributed by atoms with Crippen LogP contribution in [0.1, 0.15) is 40.1 Å². The third-order valence-electron chi connectivity index (χ3n) is 2.22. The van der Waals surface area contributed by atoms with Crippen LogP contribution in [-0.4, -0.2) is 22.2 Å². The highest BCUT2D eigenvalue weighted by Crippen LogP contribution is 2.18. The van der Waals surface area contributed by atoms with Crippen molar-refractivity contribution in [2.75, 3.05) is 0 Å². The van der Waals surface area contributed by atoms with Crippen molar-refractivity contribution in [1.82, 2.24) is 0 Å². The van der Waals surface area contributed by atoms with Gasteiger partial charge >= 0.3 is 11.9 Å². The predicted molar refractivity (Wildman–Crippen MR) is 58.9 cm³/mol. The molecule has 0 aliphatic carbocycles. The van der Waals surface area contributed by atoms with Crippen molar-refractivity contribution in [3.63, 3.8) is 0 Å². The van der Waals surface area contributed by atoms with E-state index >= 15 is 0 Å². The molecule has 0 radical (unpaired) electrons. The SMILES string of the molecule is CC(C)Cc1cccc(C(=O)O)c1C(=O)O. The van der Waals surface area contributed by atoms with Crippen molar-refractivity contribution in [2.45, 2.75) is 20.3 Å². The molecule has 0 fully saturated rings. The maximum Gasteiger partial charge on any atom is 0.336 e. The van der Waals surface area contributed by atoms with E-state index < -0.39 is 11.9 Å². The van der Waals surface area contributed by atoms with Crippen LogP contribution >= 0.6 is 0 Å². The molecule has 0 atom stereocenters. The van der Waals surface area contributed by atoms with Crippen LogP contribution in [0.5, 0.6) is 0 Å². The van der Waals surface area contributed by atoms with Crippen molar-refractivity contribution in [3.05, 3.63) is 34.9 Å². The summed E-state index contributed by atoms with van der Waals surface area (Å²) in [5.41, 5.74) is 0.330. The molecule has 0 amide bonds. The van der Waals surface area contributed by atoms with Gasteiger partial charge in [0, 0.05) is 0 Å². The van der Waals surface area contributed by atoms with Gasteiger partial charge in [0.05, 0.1) is 11.1 Å². The summed E-state index contributed by atoms with van der Waals surface area (Å²) in [6.07, 6.45) is 0.558. The van der Waals surface area contributed by atoms with E-state index in [1.807, 2.05) is 13.8 Å². The van der Waals surface area contributed by atoms with E-state index in [2.05, 4.69) is 0 Å². The molecule has 0 unspecified atom stereocenters. The van der Waals surface area contributed by atoms with E-state index in [-0.39, 0.29) is 17.0 Å². The molecule has 0 aliphatic heterocycles. The Hall–Kier alpha value is -1.84.